The minimum atomic E-state index is -1.62. The molecule has 0 saturated heterocycles. The first-order valence-corrected chi connectivity index (χ1v) is 5.08. The van der Waals surface area contributed by atoms with Crippen LogP contribution >= 0.6 is 0 Å². The molecule has 6 nitrogen and oxygen atoms in total. The molecule has 4 N–H and O–H groups in total. The molecule has 2 atom stereocenters. The second kappa shape index (κ2) is 6.15. The van der Waals surface area contributed by atoms with Gasteiger partial charge >= 0.3 is 0 Å². The van der Waals surface area contributed by atoms with Crippen molar-refractivity contribution in [1.29, 1.82) is 0 Å². The molecule has 0 spiro atoms. The monoisotopic (exact) mass is 258 g/mol. The Morgan fingerprint density at radius 2 is 2.00 bits per heavy atom. The van der Waals surface area contributed by atoms with Crippen molar-refractivity contribution in [3.05, 3.63) is 39.8 Å². The fourth-order valence-corrected chi connectivity index (χ4v) is 1.40. The Morgan fingerprint density at radius 1 is 1.33 bits per heavy atom. The Kier molecular flexibility index (Phi) is 4.85. The minimum absolute atomic E-state index is 0.0617. The van der Waals surface area contributed by atoms with Gasteiger partial charge in [-0.2, -0.15) is 0 Å². The molecule has 0 fully saturated rings. The van der Waals surface area contributed by atoms with Gasteiger partial charge in [-0.05, 0) is 18.0 Å². The smallest absolute Gasteiger partial charge is 0.146 e. The lowest BCUT2D eigenvalue weighted by atomic mass is 10.0. The third-order valence-electron chi connectivity index (χ3n) is 2.39. The highest BCUT2D eigenvalue weighted by Crippen LogP contribution is 2.25. The number of hydrogen-bond donors (Lipinski definition) is 3. The lowest BCUT2D eigenvalue weighted by Crippen LogP contribution is -2.20. The summed E-state index contributed by atoms with van der Waals surface area (Å²) >= 11 is 0. The molecule has 0 heterocycles. The van der Waals surface area contributed by atoms with Gasteiger partial charge in [-0.3, -0.25) is 0 Å². The first-order chi connectivity index (χ1) is 8.47. The van der Waals surface area contributed by atoms with Crippen molar-refractivity contribution in [3.8, 4) is 0 Å². The molecular formula is C10H12F2N4O2. The van der Waals surface area contributed by atoms with Gasteiger partial charge in [-0.1, -0.05) is 5.11 Å². The number of benzene rings is 1. The quantitative estimate of drug-likeness (QED) is 0.322. The summed E-state index contributed by atoms with van der Waals surface area (Å²) < 4.78 is 26.6. The largest absolute Gasteiger partial charge is 0.396 e. The average molecular weight is 258 g/mol. The fraction of sp³-hybridized carbons (Fsp3) is 0.400. The number of aliphatic hydroxyl groups excluding tert-OH is 2. The number of halogens is 2. The molecule has 0 radical (unpaired) electrons. The van der Waals surface area contributed by atoms with Gasteiger partial charge in [-0.25, -0.2) is 8.78 Å². The molecule has 18 heavy (non-hydrogen) atoms. The van der Waals surface area contributed by atoms with E-state index in [0.717, 1.165) is 12.1 Å². The standard InChI is InChI=1S/C10H12F2N4O2/c11-6-4-8(13)7(12)3-5(6)10(18)9(17)1-2-15-16-14/h3-4,9-10,17-18H,1-2,13H2. The number of nitrogens with two attached hydrogens (primary N) is 1. The van der Waals surface area contributed by atoms with Crippen LogP contribution in [0.25, 0.3) is 10.4 Å². The van der Waals surface area contributed by atoms with Gasteiger partial charge in [0, 0.05) is 23.1 Å². The van der Waals surface area contributed by atoms with Gasteiger partial charge in [0.2, 0.25) is 0 Å². The highest BCUT2D eigenvalue weighted by Gasteiger charge is 2.22. The van der Waals surface area contributed by atoms with E-state index in [9.17, 15) is 19.0 Å². The van der Waals surface area contributed by atoms with E-state index in [1.807, 2.05) is 0 Å². The topological polar surface area (TPSA) is 115 Å². The molecule has 1 aromatic rings. The molecule has 0 aliphatic carbocycles. The van der Waals surface area contributed by atoms with Gasteiger partial charge < -0.3 is 15.9 Å². The predicted molar refractivity (Wildman–Crippen MR) is 60.4 cm³/mol. The third-order valence-corrected chi connectivity index (χ3v) is 2.39. The molecule has 98 valence electrons. The lowest BCUT2D eigenvalue weighted by molar-refractivity contribution is 0.0128. The SMILES string of the molecule is [N-]=[N+]=NCCC(O)C(O)c1cc(F)c(N)cc1F. The highest BCUT2D eigenvalue weighted by molar-refractivity contribution is 5.43. The predicted octanol–water partition coefficient (Wildman–Crippen LogP) is 1.64. The summed E-state index contributed by atoms with van der Waals surface area (Å²) in [4.78, 5) is 2.46. The van der Waals surface area contributed by atoms with E-state index in [-0.39, 0.29) is 18.7 Å². The van der Waals surface area contributed by atoms with Crippen molar-refractivity contribution in [2.75, 3.05) is 12.3 Å². The van der Waals surface area contributed by atoms with Gasteiger partial charge in [-0.15, -0.1) is 0 Å². The normalized spacial score (nSPS) is 13.8. The molecule has 0 saturated carbocycles. The summed E-state index contributed by atoms with van der Waals surface area (Å²) in [5.74, 6) is -1.79. The summed E-state index contributed by atoms with van der Waals surface area (Å²) in [5.41, 5.74) is 12.4. The van der Waals surface area contributed by atoms with Crippen molar-refractivity contribution < 1.29 is 19.0 Å². The second-order valence-electron chi connectivity index (χ2n) is 3.65. The van der Waals surface area contributed by atoms with Crippen LogP contribution in [0.3, 0.4) is 0 Å². The van der Waals surface area contributed by atoms with Crippen LogP contribution in [-0.4, -0.2) is 22.9 Å². The first kappa shape index (κ1) is 14.2. The second-order valence-corrected chi connectivity index (χ2v) is 3.65. The number of nitrogens with zero attached hydrogens (tertiary/aromatic N) is 3. The Balaban J connectivity index is 2.85. The molecule has 1 aromatic carbocycles. The van der Waals surface area contributed by atoms with Crippen LogP contribution in [0.2, 0.25) is 0 Å². The Hall–Kier alpha value is -1.89. The maximum absolute atomic E-state index is 13.4. The molecular weight excluding hydrogens is 246 g/mol. The van der Waals surface area contributed by atoms with Gasteiger partial charge in [0.05, 0.1) is 11.8 Å². The van der Waals surface area contributed by atoms with Crippen LogP contribution in [-0.2, 0) is 0 Å². The van der Waals surface area contributed by atoms with E-state index < -0.39 is 29.4 Å². The molecule has 8 heteroatoms. The van der Waals surface area contributed by atoms with Crippen LogP contribution in [0.15, 0.2) is 17.2 Å². The number of aliphatic hydroxyl groups is 2. The van der Waals surface area contributed by atoms with Gasteiger partial charge in [0.1, 0.15) is 17.7 Å². The number of nitrogen functional groups attached to an aromatic ring is 1. The molecule has 0 aliphatic rings. The van der Waals surface area contributed by atoms with E-state index in [2.05, 4.69) is 10.0 Å². The third kappa shape index (κ3) is 3.30. The van der Waals surface area contributed by atoms with Crippen molar-refractivity contribution in [3.63, 3.8) is 0 Å². The molecule has 0 aliphatic heterocycles. The summed E-state index contributed by atoms with van der Waals surface area (Å²) in [6.45, 7) is -0.0617. The molecule has 2 unspecified atom stereocenters. The molecule has 0 amide bonds. The zero-order valence-corrected chi connectivity index (χ0v) is 9.29. The number of azide groups is 1. The van der Waals surface area contributed by atoms with Crippen LogP contribution in [0.4, 0.5) is 14.5 Å². The van der Waals surface area contributed by atoms with Crippen molar-refractivity contribution in [1.82, 2.24) is 0 Å². The maximum Gasteiger partial charge on any atom is 0.146 e. The average Bonchev–Trinajstić information content (AvgIpc) is 2.33. The van der Waals surface area contributed by atoms with E-state index in [1.165, 1.54) is 0 Å². The lowest BCUT2D eigenvalue weighted by Gasteiger charge is -2.18. The number of rotatable bonds is 5. The molecule has 0 bridgehead atoms. The summed E-state index contributed by atoms with van der Waals surface area (Å²) in [5, 5.41) is 22.3. The molecule has 0 aromatic heterocycles. The van der Waals surface area contributed by atoms with Crippen LogP contribution in [0.1, 0.15) is 18.1 Å². The summed E-state index contributed by atoms with van der Waals surface area (Å²) in [6, 6.07) is 1.46. The van der Waals surface area contributed by atoms with Crippen molar-refractivity contribution >= 4 is 5.69 Å². The van der Waals surface area contributed by atoms with E-state index in [0.29, 0.717) is 0 Å². The first-order valence-electron chi connectivity index (χ1n) is 5.08. The van der Waals surface area contributed by atoms with E-state index in [4.69, 9.17) is 11.3 Å². The Bertz CT molecular complexity index is 477. The van der Waals surface area contributed by atoms with Crippen molar-refractivity contribution in [2.45, 2.75) is 18.6 Å². The summed E-state index contributed by atoms with van der Waals surface area (Å²) in [6.07, 6.45) is -3.06. The van der Waals surface area contributed by atoms with E-state index in [1.54, 1.807) is 0 Å². The number of anilines is 1. The van der Waals surface area contributed by atoms with Crippen LogP contribution in [0, 0.1) is 11.6 Å². The van der Waals surface area contributed by atoms with Gasteiger partial charge in [0.15, 0.2) is 0 Å². The Morgan fingerprint density at radius 3 is 2.61 bits per heavy atom. The Labute approximate surface area is 101 Å². The zero-order valence-electron chi connectivity index (χ0n) is 9.29. The fourth-order valence-electron chi connectivity index (χ4n) is 1.40. The maximum atomic E-state index is 13.4. The van der Waals surface area contributed by atoms with Crippen LogP contribution < -0.4 is 5.73 Å². The zero-order chi connectivity index (χ0) is 13.7. The summed E-state index contributed by atoms with van der Waals surface area (Å²) in [7, 11) is 0. The minimum Gasteiger partial charge on any atom is -0.396 e. The highest BCUT2D eigenvalue weighted by atomic mass is 19.1. The number of hydrogen-bond acceptors (Lipinski definition) is 4. The van der Waals surface area contributed by atoms with Crippen LogP contribution in [0.5, 0.6) is 0 Å². The van der Waals surface area contributed by atoms with Gasteiger partial charge in [0.25, 0.3) is 0 Å². The van der Waals surface area contributed by atoms with Crippen molar-refractivity contribution in [2.24, 2.45) is 5.11 Å². The molecule has 1 rings (SSSR count). The van der Waals surface area contributed by atoms with E-state index >= 15 is 0 Å².